The van der Waals surface area contributed by atoms with Crippen molar-refractivity contribution in [3.8, 4) is 5.75 Å². The average molecular weight is 227 g/mol. The van der Waals surface area contributed by atoms with Gasteiger partial charge in [0.1, 0.15) is 24.3 Å². The monoisotopic (exact) mass is 227 g/mol. The molecule has 1 aromatic carbocycles. The largest absolute Gasteiger partial charge is 0.508 e. The lowest BCUT2D eigenvalue weighted by Crippen LogP contribution is -2.33. The Kier molecular flexibility index (Phi) is 2.18. The number of fused-ring (bicyclic) bond motifs is 1. The Morgan fingerprint density at radius 1 is 1.06 bits per heavy atom. The first-order valence-electron chi connectivity index (χ1n) is 5.08. The molecule has 1 aromatic rings. The standard InChI is InChI=1S/C11H9N5O/c17-8-3-1-7(2-4-8)16-11-9-10(13-5-12-9)14-6-15-11/h1-6,9,17H,(H,12,13,14,15,16). The lowest BCUT2D eigenvalue weighted by molar-refractivity contribution is 0.475. The SMILES string of the molecule is Oc1ccc(NC2=NC=NC3=NC=NC32)cc1. The van der Waals surface area contributed by atoms with Crippen LogP contribution in [0.2, 0.25) is 0 Å². The highest BCUT2D eigenvalue weighted by molar-refractivity contribution is 6.23. The number of amidine groups is 2. The first-order chi connectivity index (χ1) is 8.33. The summed E-state index contributed by atoms with van der Waals surface area (Å²) in [5.74, 6) is 1.54. The van der Waals surface area contributed by atoms with E-state index < -0.39 is 0 Å². The van der Waals surface area contributed by atoms with Gasteiger partial charge in [-0.05, 0) is 24.3 Å². The smallest absolute Gasteiger partial charge is 0.169 e. The lowest BCUT2D eigenvalue weighted by Gasteiger charge is -2.15. The number of aromatic hydroxyl groups is 1. The Balaban J connectivity index is 1.84. The summed E-state index contributed by atoms with van der Waals surface area (Å²) >= 11 is 0. The molecule has 2 N–H and O–H groups in total. The van der Waals surface area contributed by atoms with Gasteiger partial charge in [0, 0.05) is 5.69 Å². The van der Waals surface area contributed by atoms with Crippen LogP contribution in [0.1, 0.15) is 0 Å². The fourth-order valence-electron chi connectivity index (χ4n) is 1.61. The van der Waals surface area contributed by atoms with Crippen LogP contribution in [0.25, 0.3) is 0 Å². The third-order valence-electron chi connectivity index (χ3n) is 2.44. The number of benzene rings is 1. The molecule has 6 nitrogen and oxygen atoms in total. The van der Waals surface area contributed by atoms with Crippen molar-refractivity contribution in [1.82, 2.24) is 0 Å². The summed E-state index contributed by atoms with van der Waals surface area (Å²) in [6, 6.07) is 6.49. The zero-order valence-electron chi connectivity index (χ0n) is 8.78. The van der Waals surface area contributed by atoms with Crippen molar-refractivity contribution >= 4 is 30.0 Å². The van der Waals surface area contributed by atoms with Crippen LogP contribution in [0, 0.1) is 0 Å². The minimum atomic E-state index is -0.242. The van der Waals surface area contributed by atoms with Gasteiger partial charge in [0.15, 0.2) is 11.9 Å². The van der Waals surface area contributed by atoms with Crippen LogP contribution in [-0.2, 0) is 0 Å². The Morgan fingerprint density at radius 3 is 2.71 bits per heavy atom. The molecule has 84 valence electrons. The average Bonchev–Trinajstić information content (AvgIpc) is 2.81. The summed E-state index contributed by atoms with van der Waals surface area (Å²) in [5.41, 5.74) is 0.832. The van der Waals surface area contributed by atoms with Gasteiger partial charge in [0.25, 0.3) is 0 Å². The summed E-state index contributed by atoms with van der Waals surface area (Å²) in [5, 5.41) is 12.3. The summed E-state index contributed by atoms with van der Waals surface area (Å²) in [7, 11) is 0. The van der Waals surface area contributed by atoms with E-state index in [2.05, 4.69) is 25.3 Å². The van der Waals surface area contributed by atoms with E-state index in [1.807, 2.05) is 0 Å². The summed E-state index contributed by atoms with van der Waals surface area (Å²) in [6.45, 7) is 0. The lowest BCUT2D eigenvalue weighted by atomic mass is 10.2. The quantitative estimate of drug-likeness (QED) is 0.703. The van der Waals surface area contributed by atoms with Crippen molar-refractivity contribution in [1.29, 1.82) is 0 Å². The maximum Gasteiger partial charge on any atom is 0.169 e. The van der Waals surface area contributed by atoms with Crippen molar-refractivity contribution in [2.75, 3.05) is 5.32 Å². The number of aliphatic imine (C=N–C) groups is 4. The van der Waals surface area contributed by atoms with Gasteiger partial charge >= 0.3 is 0 Å². The second-order valence-electron chi connectivity index (χ2n) is 3.59. The van der Waals surface area contributed by atoms with E-state index in [1.54, 1.807) is 24.3 Å². The number of nitrogens with zero attached hydrogens (tertiary/aromatic N) is 4. The molecule has 0 fully saturated rings. The van der Waals surface area contributed by atoms with Crippen LogP contribution in [0.4, 0.5) is 5.69 Å². The Hall–Kier alpha value is -2.50. The minimum Gasteiger partial charge on any atom is -0.508 e. The predicted molar refractivity (Wildman–Crippen MR) is 67.4 cm³/mol. The fraction of sp³-hybridized carbons (Fsp3) is 0.0909. The first kappa shape index (κ1) is 9.71. The van der Waals surface area contributed by atoms with Gasteiger partial charge in [-0.1, -0.05) is 0 Å². The highest BCUT2D eigenvalue weighted by Gasteiger charge is 2.26. The van der Waals surface area contributed by atoms with Gasteiger partial charge < -0.3 is 10.4 Å². The molecule has 2 aliphatic rings. The van der Waals surface area contributed by atoms with E-state index in [4.69, 9.17) is 0 Å². The molecule has 0 saturated heterocycles. The number of phenols is 1. The van der Waals surface area contributed by atoms with Crippen LogP contribution >= 0.6 is 0 Å². The molecule has 1 unspecified atom stereocenters. The Labute approximate surface area is 97.2 Å². The van der Waals surface area contributed by atoms with Gasteiger partial charge in [-0.3, -0.25) is 4.99 Å². The van der Waals surface area contributed by atoms with E-state index in [-0.39, 0.29) is 11.8 Å². The van der Waals surface area contributed by atoms with Gasteiger partial charge in [-0.2, -0.15) is 0 Å². The maximum absolute atomic E-state index is 9.19. The van der Waals surface area contributed by atoms with Crippen molar-refractivity contribution in [3.05, 3.63) is 24.3 Å². The summed E-state index contributed by atoms with van der Waals surface area (Å²) in [6.07, 6.45) is 2.93. The molecule has 0 spiro atoms. The zero-order valence-corrected chi connectivity index (χ0v) is 8.78. The maximum atomic E-state index is 9.19. The molecule has 0 aliphatic carbocycles. The molecule has 0 aromatic heterocycles. The molecule has 0 radical (unpaired) electrons. The van der Waals surface area contributed by atoms with Gasteiger partial charge in [0.2, 0.25) is 0 Å². The summed E-state index contributed by atoms with van der Waals surface area (Å²) < 4.78 is 0. The van der Waals surface area contributed by atoms with Crippen LogP contribution in [0.15, 0.2) is 44.2 Å². The molecular formula is C11H9N5O. The van der Waals surface area contributed by atoms with Crippen LogP contribution < -0.4 is 5.32 Å². The van der Waals surface area contributed by atoms with Gasteiger partial charge in [-0.25, -0.2) is 15.0 Å². The minimum absolute atomic E-state index is 0.226. The van der Waals surface area contributed by atoms with E-state index in [1.165, 1.54) is 12.7 Å². The molecule has 0 bridgehead atoms. The number of hydrogen-bond donors (Lipinski definition) is 2. The molecule has 1 atom stereocenters. The number of rotatable bonds is 1. The van der Waals surface area contributed by atoms with Crippen molar-refractivity contribution in [2.24, 2.45) is 20.0 Å². The molecule has 6 heteroatoms. The fourth-order valence-corrected chi connectivity index (χ4v) is 1.61. The third-order valence-corrected chi connectivity index (χ3v) is 2.44. The van der Waals surface area contributed by atoms with Gasteiger partial charge in [0.05, 0.1) is 0 Å². The number of hydrogen-bond acceptors (Lipinski definition) is 6. The second kappa shape index (κ2) is 3.82. The molecule has 17 heavy (non-hydrogen) atoms. The van der Waals surface area contributed by atoms with Crippen molar-refractivity contribution in [2.45, 2.75) is 6.04 Å². The topological polar surface area (TPSA) is 81.7 Å². The summed E-state index contributed by atoms with van der Waals surface area (Å²) in [4.78, 5) is 16.4. The predicted octanol–water partition coefficient (Wildman–Crippen LogP) is 1.05. The number of anilines is 1. The molecular weight excluding hydrogens is 218 g/mol. The van der Waals surface area contributed by atoms with Crippen LogP contribution in [-0.4, -0.2) is 35.5 Å². The molecule has 2 aliphatic heterocycles. The Morgan fingerprint density at radius 2 is 1.88 bits per heavy atom. The Bertz CT molecular complexity index is 556. The first-order valence-corrected chi connectivity index (χ1v) is 5.08. The van der Waals surface area contributed by atoms with Gasteiger partial charge in [-0.15, -0.1) is 0 Å². The molecule has 0 saturated carbocycles. The highest BCUT2D eigenvalue weighted by atomic mass is 16.3. The number of nitrogens with one attached hydrogen (secondary N) is 1. The zero-order chi connectivity index (χ0) is 11.7. The molecule has 0 amide bonds. The second-order valence-corrected chi connectivity index (χ2v) is 3.59. The van der Waals surface area contributed by atoms with Crippen molar-refractivity contribution < 1.29 is 5.11 Å². The van der Waals surface area contributed by atoms with E-state index >= 15 is 0 Å². The van der Waals surface area contributed by atoms with Crippen LogP contribution in [0.5, 0.6) is 5.75 Å². The molecule has 2 heterocycles. The highest BCUT2D eigenvalue weighted by Crippen LogP contribution is 2.16. The van der Waals surface area contributed by atoms with E-state index in [0.717, 1.165) is 5.69 Å². The van der Waals surface area contributed by atoms with Crippen molar-refractivity contribution in [3.63, 3.8) is 0 Å². The van der Waals surface area contributed by atoms with E-state index in [0.29, 0.717) is 11.7 Å². The van der Waals surface area contributed by atoms with Crippen LogP contribution in [0.3, 0.4) is 0 Å². The third kappa shape index (κ3) is 1.80. The molecule has 3 rings (SSSR count). The number of phenolic OH excluding ortho intramolecular Hbond substituents is 1. The normalized spacial score (nSPS) is 20.8. The van der Waals surface area contributed by atoms with E-state index in [9.17, 15) is 5.11 Å².